The summed E-state index contributed by atoms with van der Waals surface area (Å²) in [4.78, 5) is 21.4. The van der Waals surface area contributed by atoms with Crippen molar-refractivity contribution in [2.24, 2.45) is 0 Å². The number of hydrogen-bond donors (Lipinski definition) is 2. The Balaban J connectivity index is 0.000000322. The molecule has 0 atom stereocenters. The number of carbonyl (C=O) groups excluding carboxylic acids is 2. The molecule has 0 saturated carbocycles. The molecule has 1 amide bonds. The fraction of sp³-hybridized carbons (Fsp3) is 0.529. The zero-order valence-electron chi connectivity index (χ0n) is 13.9. The smallest absolute Gasteiger partial charge is 0.293 e. The van der Waals surface area contributed by atoms with E-state index in [2.05, 4.69) is 15.4 Å². The highest BCUT2D eigenvalue weighted by atomic mass is 35.5. The van der Waals surface area contributed by atoms with Crippen molar-refractivity contribution in [2.45, 2.75) is 45.3 Å². The Morgan fingerprint density at radius 2 is 1.83 bits per heavy atom. The minimum Gasteiger partial charge on any atom is -0.462 e. The van der Waals surface area contributed by atoms with Gasteiger partial charge in [0.05, 0.1) is 0 Å². The Labute approximate surface area is 142 Å². The topological polar surface area (TPSA) is 67.4 Å². The Bertz CT molecular complexity index is 492. The molecule has 0 radical (unpaired) electrons. The highest BCUT2D eigenvalue weighted by molar-refractivity contribution is 6.30. The number of amides is 1. The first-order valence-electron chi connectivity index (χ1n) is 7.70. The van der Waals surface area contributed by atoms with Gasteiger partial charge in [0, 0.05) is 16.6 Å². The molecule has 0 spiro atoms. The van der Waals surface area contributed by atoms with Crippen LogP contribution in [0.2, 0.25) is 5.02 Å². The van der Waals surface area contributed by atoms with Gasteiger partial charge in [-0.1, -0.05) is 11.6 Å². The molecule has 23 heavy (non-hydrogen) atoms. The molecule has 1 heterocycles. The molecule has 1 fully saturated rings. The fourth-order valence-corrected chi connectivity index (χ4v) is 2.11. The van der Waals surface area contributed by atoms with Gasteiger partial charge in [0.25, 0.3) is 12.4 Å². The Morgan fingerprint density at radius 3 is 2.26 bits per heavy atom. The third-order valence-corrected chi connectivity index (χ3v) is 3.43. The third kappa shape index (κ3) is 8.57. The van der Waals surface area contributed by atoms with Gasteiger partial charge < -0.3 is 15.4 Å². The van der Waals surface area contributed by atoms with E-state index in [0.29, 0.717) is 23.1 Å². The summed E-state index contributed by atoms with van der Waals surface area (Å²) in [6, 6.07) is 7.26. The van der Waals surface area contributed by atoms with Crippen LogP contribution in [0, 0.1) is 0 Å². The maximum absolute atomic E-state index is 11.8. The molecule has 2 N–H and O–H groups in total. The van der Waals surface area contributed by atoms with Gasteiger partial charge >= 0.3 is 0 Å². The van der Waals surface area contributed by atoms with Gasteiger partial charge in [-0.2, -0.15) is 0 Å². The molecule has 0 unspecified atom stereocenters. The van der Waals surface area contributed by atoms with E-state index in [-0.39, 0.29) is 11.5 Å². The molecule has 1 aliphatic heterocycles. The minimum absolute atomic E-state index is 0.0106. The van der Waals surface area contributed by atoms with Crippen molar-refractivity contribution in [3.05, 3.63) is 34.9 Å². The van der Waals surface area contributed by atoms with E-state index in [1.807, 2.05) is 20.8 Å². The van der Waals surface area contributed by atoms with E-state index in [0.717, 1.165) is 25.9 Å². The van der Waals surface area contributed by atoms with Crippen LogP contribution in [0.15, 0.2) is 24.3 Å². The van der Waals surface area contributed by atoms with Crippen molar-refractivity contribution in [1.82, 2.24) is 10.6 Å². The lowest BCUT2D eigenvalue weighted by Gasteiger charge is -2.23. The van der Waals surface area contributed by atoms with E-state index in [1.54, 1.807) is 24.3 Å². The molecule has 1 aromatic rings. The average Bonchev–Trinajstić information content (AvgIpc) is 2.48. The minimum atomic E-state index is -0.318. The number of piperidine rings is 1. The number of nitrogens with one attached hydrogen (secondary N) is 2. The van der Waals surface area contributed by atoms with Gasteiger partial charge in [0.2, 0.25) is 0 Å². The largest absolute Gasteiger partial charge is 0.462 e. The molecule has 6 heteroatoms. The molecule has 0 aliphatic carbocycles. The van der Waals surface area contributed by atoms with Crippen LogP contribution in [-0.2, 0) is 9.53 Å². The molecular formula is C17H25ClN2O3. The molecule has 1 aromatic carbocycles. The van der Waals surface area contributed by atoms with Crippen molar-refractivity contribution in [2.75, 3.05) is 13.1 Å². The molecule has 5 nitrogen and oxygen atoms in total. The second-order valence-electron chi connectivity index (χ2n) is 6.33. The summed E-state index contributed by atoms with van der Waals surface area (Å²) in [5.74, 6) is -0.0106. The van der Waals surface area contributed by atoms with Gasteiger partial charge in [-0.15, -0.1) is 0 Å². The molecule has 1 saturated heterocycles. The number of ether oxygens (including phenoxy) is 1. The standard InChI is InChI=1S/C12H15ClN2O.C5H10O2/c13-10-3-1-9(2-4-10)12(16)15-11-5-7-14-8-6-11;1-5(2,3)7-4-6/h1-4,11,14H,5-8H2,(H,15,16);4H,1-3H3. The highest BCUT2D eigenvalue weighted by Gasteiger charge is 2.15. The van der Waals surface area contributed by atoms with E-state index < -0.39 is 0 Å². The van der Waals surface area contributed by atoms with Gasteiger partial charge in [-0.05, 0) is 71.0 Å². The molecular weight excluding hydrogens is 316 g/mol. The van der Waals surface area contributed by atoms with E-state index in [4.69, 9.17) is 11.6 Å². The van der Waals surface area contributed by atoms with Crippen molar-refractivity contribution in [3.8, 4) is 0 Å². The van der Waals surface area contributed by atoms with Crippen LogP contribution in [0.1, 0.15) is 44.0 Å². The lowest BCUT2D eigenvalue weighted by Crippen LogP contribution is -2.42. The zero-order valence-corrected chi connectivity index (χ0v) is 14.7. The Hall–Kier alpha value is -1.59. The first-order chi connectivity index (χ1) is 10.8. The second-order valence-corrected chi connectivity index (χ2v) is 6.77. The summed E-state index contributed by atoms with van der Waals surface area (Å²) in [6.45, 7) is 7.88. The van der Waals surface area contributed by atoms with E-state index in [1.165, 1.54) is 0 Å². The normalized spacial score (nSPS) is 15.1. The summed E-state index contributed by atoms with van der Waals surface area (Å²) in [5, 5.41) is 6.95. The maximum atomic E-state index is 11.8. The quantitative estimate of drug-likeness (QED) is 0.830. The van der Waals surface area contributed by atoms with Gasteiger partial charge in [-0.3, -0.25) is 9.59 Å². The van der Waals surface area contributed by atoms with E-state index in [9.17, 15) is 9.59 Å². The Kier molecular flexibility index (Phi) is 8.06. The maximum Gasteiger partial charge on any atom is 0.293 e. The van der Waals surface area contributed by atoms with E-state index >= 15 is 0 Å². The summed E-state index contributed by atoms with van der Waals surface area (Å²) < 4.78 is 4.55. The third-order valence-electron chi connectivity index (χ3n) is 3.18. The van der Waals surface area contributed by atoms with Crippen molar-refractivity contribution >= 4 is 24.0 Å². The molecule has 128 valence electrons. The van der Waals surface area contributed by atoms with Crippen molar-refractivity contribution < 1.29 is 14.3 Å². The predicted molar refractivity (Wildman–Crippen MR) is 91.7 cm³/mol. The van der Waals surface area contributed by atoms with Gasteiger partial charge in [0.1, 0.15) is 5.60 Å². The summed E-state index contributed by atoms with van der Waals surface area (Å²) >= 11 is 5.77. The number of carbonyl (C=O) groups is 2. The molecule has 0 aromatic heterocycles. The average molecular weight is 341 g/mol. The number of rotatable bonds is 3. The zero-order chi connectivity index (χ0) is 17.3. The van der Waals surface area contributed by atoms with Crippen molar-refractivity contribution in [1.29, 1.82) is 0 Å². The van der Waals surface area contributed by atoms with Crippen LogP contribution in [0.25, 0.3) is 0 Å². The summed E-state index contributed by atoms with van der Waals surface area (Å²) in [5.41, 5.74) is 0.352. The summed E-state index contributed by atoms with van der Waals surface area (Å²) in [7, 11) is 0. The summed E-state index contributed by atoms with van der Waals surface area (Å²) in [6.07, 6.45) is 2.00. The number of benzene rings is 1. The van der Waals surface area contributed by atoms with Crippen LogP contribution >= 0.6 is 11.6 Å². The van der Waals surface area contributed by atoms with Crippen LogP contribution in [0.5, 0.6) is 0 Å². The lowest BCUT2D eigenvalue weighted by atomic mass is 10.1. The van der Waals surface area contributed by atoms with Gasteiger partial charge in [0.15, 0.2) is 0 Å². The van der Waals surface area contributed by atoms with Crippen LogP contribution in [0.3, 0.4) is 0 Å². The monoisotopic (exact) mass is 340 g/mol. The highest BCUT2D eigenvalue weighted by Crippen LogP contribution is 2.10. The first kappa shape index (κ1) is 19.5. The van der Waals surface area contributed by atoms with Crippen LogP contribution in [-0.4, -0.2) is 37.1 Å². The molecule has 0 bridgehead atoms. The SMILES string of the molecule is CC(C)(C)OC=O.O=C(NC1CCNCC1)c1ccc(Cl)cc1. The number of halogens is 1. The number of hydrogen-bond acceptors (Lipinski definition) is 4. The Morgan fingerprint density at radius 1 is 1.26 bits per heavy atom. The van der Waals surface area contributed by atoms with Gasteiger partial charge in [-0.25, -0.2) is 0 Å². The predicted octanol–water partition coefficient (Wildman–Crippen LogP) is 2.78. The first-order valence-corrected chi connectivity index (χ1v) is 8.08. The fourth-order valence-electron chi connectivity index (χ4n) is 1.98. The van der Waals surface area contributed by atoms with Crippen LogP contribution < -0.4 is 10.6 Å². The molecule has 1 aliphatic rings. The van der Waals surface area contributed by atoms with Crippen LogP contribution in [0.4, 0.5) is 0 Å². The molecule has 2 rings (SSSR count). The second kappa shape index (κ2) is 9.53. The lowest BCUT2D eigenvalue weighted by molar-refractivity contribution is -0.138. The van der Waals surface area contributed by atoms with Crippen molar-refractivity contribution in [3.63, 3.8) is 0 Å².